The lowest BCUT2D eigenvalue weighted by atomic mass is 10.2. The topological polar surface area (TPSA) is 65.0 Å². The van der Waals surface area contributed by atoms with Gasteiger partial charge in [-0.05, 0) is 41.9 Å². The van der Waals surface area contributed by atoms with Gasteiger partial charge >= 0.3 is 0 Å². The van der Waals surface area contributed by atoms with Crippen LogP contribution in [0.5, 0.6) is 0 Å². The molecule has 0 atom stereocenters. The highest BCUT2D eigenvalue weighted by molar-refractivity contribution is 9.10. The SMILES string of the molecule is Cc1noc(C)c1CSc1nnc(-c2ccccc2Br)o1. The van der Waals surface area contributed by atoms with Crippen molar-refractivity contribution in [3.63, 3.8) is 0 Å². The minimum atomic E-state index is 0.503. The van der Waals surface area contributed by atoms with E-state index >= 15 is 0 Å². The zero-order valence-electron chi connectivity index (χ0n) is 11.5. The lowest BCUT2D eigenvalue weighted by molar-refractivity contribution is 0.392. The number of hydrogen-bond acceptors (Lipinski definition) is 6. The van der Waals surface area contributed by atoms with Crippen molar-refractivity contribution in [2.75, 3.05) is 0 Å². The Bertz CT molecular complexity index is 750. The zero-order valence-corrected chi connectivity index (χ0v) is 13.9. The van der Waals surface area contributed by atoms with Crippen molar-refractivity contribution in [1.82, 2.24) is 15.4 Å². The zero-order chi connectivity index (χ0) is 14.8. The van der Waals surface area contributed by atoms with Gasteiger partial charge in [0, 0.05) is 15.8 Å². The summed E-state index contributed by atoms with van der Waals surface area (Å²) >= 11 is 4.95. The molecule has 0 amide bonds. The van der Waals surface area contributed by atoms with Crippen molar-refractivity contribution in [3.05, 3.63) is 45.8 Å². The lowest BCUT2D eigenvalue weighted by Gasteiger charge is -1.98. The largest absolute Gasteiger partial charge is 0.411 e. The fourth-order valence-corrected chi connectivity index (χ4v) is 3.22. The van der Waals surface area contributed by atoms with Crippen LogP contribution in [0.3, 0.4) is 0 Å². The molecule has 0 saturated heterocycles. The fraction of sp³-hybridized carbons (Fsp3) is 0.214. The third-order valence-electron chi connectivity index (χ3n) is 3.03. The Morgan fingerprint density at radius 2 is 2.00 bits per heavy atom. The van der Waals surface area contributed by atoms with Gasteiger partial charge in [0.2, 0.25) is 5.89 Å². The van der Waals surface area contributed by atoms with Gasteiger partial charge in [0.25, 0.3) is 5.22 Å². The van der Waals surface area contributed by atoms with E-state index in [2.05, 4.69) is 31.3 Å². The third-order valence-corrected chi connectivity index (χ3v) is 4.57. The number of nitrogens with zero attached hydrogens (tertiary/aromatic N) is 3. The van der Waals surface area contributed by atoms with Crippen molar-refractivity contribution >= 4 is 27.7 Å². The number of thioether (sulfide) groups is 1. The van der Waals surface area contributed by atoms with Crippen LogP contribution in [0, 0.1) is 13.8 Å². The number of aromatic nitrogens is 3. The van der Waals surface area contributed by atoms with Gasteiger partial charge < -0.3 is 8.94 Å². The molecule has 3 aromatic rings. The molecule has 0 bridgehead atoms. The number of hydrogen-bond donors (Lipinski definition) is 0. The Morgan fingerprint density at radius 1 is 1.19 bits per heavy atom. The summed E-state index contributed by atoms with van der Waals surface area (Å²) in [6.45, 7) is 3.82. The summed E-state index contributed by atoms with van der Waals surface area (Å²) in [4.78, 5) is 0. The van der Waals surface area contributed by atoms with E-state index in [1.807, 2.05) is 38.1 Å². The van der Waals surface area contributed by atoms with Crippen LogP contribution in [-0.2, 0) is 5.75 Å². The van der Waals surface area contributed by atoms with Gasteiger partial charge in [0.15, 0.2) is 0 Å². The molecule has 0 fully saturated rings. The predicted molar refractivity (Wildman–Crippen MR) is 83.0 cm³/mol. The highest BCUT2D eigenvalue weighted by Crippen LogP contribution is 2.30. The molecule has 0 saturated carbocycles. The standard InChI is InChI=1S/C14H12BrN3O2S/c1-8-11(9(2)20-18-8)7-21-14-17-16-13(19-14)10-5-3-4-6-12(10)15/h3-6H,7H2,1-2H3. The van der Waals surface area contributed by atoms with E-state index in [0.717, 1.165) is 27.1 Å². The van der Waals surface area contributed by atoms with Gasteiger partial charge in [-0.1, -0.05) is 29.1 Å². The Balaban J connectivity index is 1.76. The van der Waals surface area contributed by atoms with Crippen LogP contribution in [0.4, 0.5) is 0 Å². The van der Waals surface area contributed by atoms with Crippen LogP contribution in [-0.4, -0.2) is 15.4 Å². The number of halogens is 1. The van der Waals surface area contributed by atoms with Gasteiger partial charge in [-0.2, -0.15) is 0 Å². The monoisotopic (exact) mass is 365 g/mol. The molecule has 0 spiro atoms. The number of benzene rings is 1. The Morgan fingerprint density at radius 3 is 2.71 bits per heavy atom. The summed E-state index contributed by atoms with van der Waals surface area (Å²) in [6, 6.07) is 7.74. The molecular formula is C14H12BrN3O2S. The highest BCUT2D eigenvalue weighted by atomic mass is 79.9. The molecule has 3 rings (SSSR count). The lowest BCUT2D eigenvalue weighted by Crippen LogP contribution is -1.84. The minimum absolute atomic E-state index is 0.503. The third kappa shape index (κ3) is 3.03. The van der Waals surface area contributed by atoms with E-state index in [9.17, 15) is 0 Å². The Labute approximate surface area is 134 Å². The predicted octanol–water partition coefficient (Wildman–Crippen LogP) is 4.40. The second kappa shape index (κ2) is 6.03. The molecule has 5 nitrogen and oxygen atoms in total. The number of aryl methyl sites for hydroxylation is 2. The number of rotatable bonds is 4. The molecule has 2 heterocycles. The maximum atomic E-state index is 5.69. The van der Waals surface area contributed by atoms with Crippen LogP contribution in [0.1, 0.15) is 17.0 Å². The van der Waals surface area contributed by atoms with Gasteiger partial charge in [0.05, 0.1) is 11.3 Å². The molecule has 0 radical (unpaired) electrons. The second-order valence-corrected chi connectivity index (χ2v) is 6.23. The summed E-state index contributed by atoms with van der Waals surface area (Å²) in [5.41, 5.74) is 2.85. The molecule has 7 heteroatoms. The fourth-order valence-electron chi connectivity index (χ4n) is 1.85. The maximum absolute atomic E-state index is 5.69. The average molecular weight is 366 g/mol. The van der Waals surface area contributed by atoms with E-state index in [1.165, 1.54) is 11.8 Å². The molecule has 2 aromatic heterocycles. The summed E-state index contributed by atoms with van der Waals surface area (Å²) in [5.74, 6) is 2.02. The molecular weight excluding hydrogens is 354 g/mol. The molecule has 108 valence electrons. The van der Waals surface area contributed by atoms with Gasteiger partial charge in [-0.25, -0.2) is 0 Å². The van der Waals surface area contributed by atoms with Crippen molar-refractivity contribution < 1.29 is 8.94 Å². The second-order valence-electron chi connectivity index (χ2n) is 4.44. The van der Waals surface area contributed by atoms with E-state index in [1.54, 1.807) is 0 Å². The quantitative estimate of drug-likeness (QED) is 0.638. The van der Waals surface area contributed by atoms with E-state index < -0.39 is 0 Å². The van der Waals surface area contributed by atoms with Crippen LogP contribution >= 0.6 is 27.7 Å². The summed E-state index contributed by atoms with van der Waals surface area (Å²) in [5, 5.41) is 12.6. The highest BCUT2D eigenvalue weighted by Gasteiger charge is 2.14. The molecule has 0 aliphatic carbocycles. The summed E-state index contributed by atoms with van der Waals surface area (Å²) < 4.78 is 11.8. The molecule has 0 N–H and O–H groups in total. The van der Waals surface area contributed by atoms with Crippen molar-refractivity contribution in [2.24, 2.45) is 0 Å². The Kier molecular flexibility index (Phi) is 4.12. The first kappa shape index (κ1) is 14.3. The van der Waals surface area contributed by atoms with E-state index in [0.29, 0.717) is 16.9 Å². The first-order valence-corrected chi connectivity index (χ1v) is 8.06. The van der Waals surface area contributed by atoms with Gasteiger partial charge in [-0.3, -0.25) is 0 Å². The minimum Gasteiger partial charge on any atom is -0.411 e. The molecule has 1 aromatic carbocycles. The van der Waals surface area contributed by atoms with Gasteiger partial charge in [0.1, 0.15) is 5.76 Å². The first-order chi connectivity index (χ1) is 10.1. The normalized spacial score (nSPS) is 11.0. The van der Waals surface area contributed by atoms with Gasteiger partial charge in [-0.15, -0.1) is 10.2 Å². The van der Waals surface area contributed by atoms with Crippen molar-refractivity contribution in [2.45, 2.75) is 24.8 Å². The molecule has 21 heavy (non-hydrogen) atoms. The average Bonchev–Trinajstić information content (AvgIpc) is 3.05. The van der Waals surface area contributed by atoms with Crippen LogP contribution in [0.2, 0.25) is 0 Å². The molecule has 0 unspecified atom stereocenters. The van der Waals surface area contributed by atoms with Crippen LogP contribution < -0.4 is 0 Å². The van der Waals surface area contributed by atoms with Crippen molar-refractivity contribution in [1.29, 1.82) is 0 Å². The Hall–Kier alpha value is -1.60. The van der Waals surface area contributed by atoms with E-state index in [-0.39, 0.29) is 0 Å². The molecule has 0 aliphatic rings. The smallest absolute Gasteiger partial charge is 0.277 e. The van der Waals surface area contributed by atoms with Crippen molar-refractivity contribution in [3.8, 4) is 11.5 Å². The van der Waals surface area contributed by atoms with E-state index in [4.69, 9.17) is 8.94 Å². The summed E-state index contributed by atoms with van der Waals surface area (Å²) in [6.07, 6.45) is 0. The first-order valence-electron chi connectivity index (χ1n) is 6.28. The van der Waals surface area contributed by atoms with Crippen LogP contribution in [0.25, 0.3) is 11.5 Å². The summed E-state index contributed by atoms with van der Waals surface area (Å²) in [7, 11) is 0. The molecule has 0 aliphatic heterocycles. The maximum Gasteiger partial charge on any atom is 0.277 e. The van der Waals surface area contributed by atoms with Crippen LogP contribution in [0.15, 0.2) is 42.9 Å².